The minimum absolute atomic E-state index is 0.0112. The molecule has 2 nitrogen and oxygen atoms in total. The lowest BCUT2D eigenvalue weighted by molar-refractivity contribution is -0.0759. The number of thiophene rings is 1. The monoisotopic (exact) mass is 281 g/mol. The van der Waals surface area contributed by atoms with E-state index in [1.54, 1.807) is 11.3 Å². The molecule has 0 amide bonds. The Hall–Kier alpha value is -0.380. The molecule has 0 aliphatic heterocycles. The van der Waals surface area contributed by atoms with Crippen LogP contribution in [0.5, 0.6) is 0 Å². The number of nitrogens with one attached hydrogen (secondary N) is 1. The number of methoxy groups -OCH3 is 1. The normalized spacial score (nSPS) is 29.3. The molecule has 1 aliphatic carbocycles. The minimum atomic E-state index is -0.0112. The molecule has 1 aromatic rings. The summed E-state index contributed by atoms with van der Waals surface area (Å²) in [5.41, 5.74) is 1.39. The lowest BCUT2D eigenvalue weighted by atomic mass is 9.73. The van der Waals surface area contributed by atoms with Gasteiger partial charge >= 0.3 is 0 Å². The molecule has 1 aliphatic rings. The summed E-state index contributed by atoms with van der Waals surface area (Å²) < 4.78 is 6.05. The van der Waals surface area contributed by atoms with Crippen LogP contribution >= 0.6 is 11.3 Å². The zero-order valence-electron chi connectivity index (χ0n) is 12.4. The van der Waals surface area contributed by atoms with Crippen LogP contribution in [-0.4, -0.2) is 19.3 Å². The van der Waals surface area contributed by atoms with E-state index in [9.17, 15) is 0 Å². The zero-order chi connectivity index (χ0) is 13.7. The summed E-state index contributed by atoms with van der Waals surface area (Å²) in [6.45, 7) is 5.64. The van der Waals surface area contributed by atoms with E-state index in [2.05, 4.69) is 36.0 Å². The van der Waals surface area contributed by atoms with Crippen LogP contribution in [0.1, 0.15) is 57.6 Å². The smallest absolute Gasteiger partial charge is 0.0873 e. The Morgan fingerprint density at radius 2 is 2.21 bits per heavy atom. The van der Waals surface area contributed by atoms with Crippen molar-refractivity contribution < 1.29 is 4.74 Å². The predicted molar refractivity (Wildman–Crippen MR) is 82.7 cm³/mol. The predicted octanol–water partition coefficient (Wildman–Crippen LogP) is 4.38. The second kappa shape index (κ2) is 6.87. The highest BCUT2D eigenvalue weighted by Gasteiger charge is 2.42. The van der Waals surface area contributed by atoms with Crippen molar-refractivity contribution in [3.05, 3.63) is 22.4 Å². The van der Waals surface area contributed by atoms with Crippen LogP contribution in [0.4, 0.5) is 0 Å². The molecular weight excluding hydrogens is 254 g/mol. The molecule has 1 saturated carbocycles. The van der Waals surface area contributed by atoms with Crippen molar-refractivity contribution in [2.45, 2.75) is 57.6 Å². The van der Waals surface area contributed by atoms with Gasteiger partial charge in [0.25, 0.3) is 0 Å². The van der Waals surface area contributed by atoms with Gasteiger partial charge < -0.3 is 10.1 Å². The Balaban J connectivity index is 2.19. The van der Waals surface area contributed by atoms with Crippen LogP contribution in [-0.2, 0) is 4.74 Å². The number of hydrogen-bond acceptors (Lipinski definition) is 3. The number of ether oxygens (including phenoxy) is 1. The van der Waals surface area contributed by atoms with E-state index < -0.39 is 0 Å². The fraction of sp³-hybridized carbons (Fsp3) is 0.750. The molecule has 1 unspecified atom stereocenters. The number of rotatable bonds is 6. The molecule has 2 rings (SSSR count). The topological polar surface area (TPSA) is 21.3 Å². The highest BCUT2D eigenvalue weighted by molar-refractivity contribution is 7.07. The summed E-state index contributed by atoms with van der Waals surface area (Å²) in [7, 11) is 1.89. The molecule has 1 N–H and O–H groups in total. The van der Waals surface area contributed by atoms with Gasteiger partial charge in [-0.3, -0.25) is 0 Å². The first-order valence-electron chi connectivity index (χ1n) is 7.52. The van der Waals surface area contributed by atoms with Gasteiger partial charge in [0.2, 0.25) is 0 Å². The van der Waals surface area contributed by atoms with E-state index in [-0.39, 0.29) is 5.60 Å². The van der Waals surface area contributed by atoms with Crippen molar-refractivity contribution in [2.75, 3.05) is 13.7 Å². The number of hydrogen-bond donors (Lipinski definition) is 1. The van der Waals surface area contributed by atoms with Gasteiger partial charge in [0, 0.05) is 7.11 Å². The summed E-state index contributed by atoms with van der Waals surface area (Å²) in [6, 6.07) is 2.59. The average Bonchev–Trinajstić information content (AvgIpc) is 2.95. The molecule has 0 bridgehead atoms. The van der Waals surface area contributed by atoms with E-state index in [0.29, 0.717) is 6.04 Å². The molecule has 1 aromatic heterocycles. The average molecular weight is 281 g/mol. The van der Waals surface area contributed by atoms with Crippen LogP contribution in [0.2, 0.25) is 0 Å². The second-order valence-electron chi connectivity index (χ2n) is 5.90. The summed E-state index contributed by atoms with van der Waals surface area (Å²) in [4.78, 5) is 0. The molecule has 1 fully saturated rings. The van der Waals surface area contributed by atoms with E-state index in [0.717, 1.165) is 18.9 Å². The van der Waals surface area contributed by atoms with E-state index in [4.69, 9.17) is 4.74 Å². The Morgan fingerprint density at radius 3 is 2.74 bits per heavy atom. The van der Waals surface area contributed by atoms with E-state index in [1.165, 1.54) is 31.2 Å². The van der Waals surface area contributed by atoms with Crippen LogP contribution in [0.15, 0.2) is 16.8 Å². The highest BCUT2D eigenvalue weighted by atomic mass is 32.1. The molecule has 0 radical (unpaired) electrons. The van der Waals surface area contributed by atoms with Crippen LogP contribution < -0.4 is 5.32 Å². The standard InChI is InChI=1S/C16H27NOS/c1-4-10-17-15(14-7-11-19-12-14)16(18-3)8-5-13(2)6-9-16/h7,11-13,15,17H,4-6,8-10H2,1-3H3. The Kier molecular flexibility index (Phi) is 5.43. The van der Waals surface area contributed by atoms with Crippen LogP contribution in [0.3, 0.4) is 0 Å². The third kappa shape index (κ3) is 3.39. The summed E-state index contributed by atoms with van der Waals surface area (Å²) in [5, 5.41) is 8.17. The van der Waals surface area contributed by atoms with Gasteiger partial charge in [-0.2, -0.15) is 11.3 Å². The van der Waals surface area contributed by atoms with E-state index in [1.807, 2.05) is 7.11 Å². The molecule has 1 heterocycles. The fourth-order valence-corrected chi connectivity index (χ4v) is 3.88. The first kappa shape index (κ1) is 15.0. The molecule has 108 valence electrons. The third-order valence-corrected chi connectivity index (χ3v) is 5.23. The first-order valence-corrected chi connectivity index (χ1v) is 8.46. The Labute approximate surface area is 121 Å². The largest absolute Gasteiger partial charge is 0.376 e. The quantitative estimate of drug-likeness (QED) is 0.835. The van der Waals surface area contributed by atoms with Gasteiger partial charge in [0.15, 0.2) is 0 Å². The maximum Gasteiger partial charge on any atom is 0.0873 e. The molecule has 1 atom stereocenters. The summed E-state index contributed by atoms with van der Waals surface area (Å²) >= 11 is 1.78. The van der Waals surface area contributed by atoms with Crippen molar-refractivity contribution in [1.29, 1.82) is 0 Å². The SMILES string of the molecule is CCCNC(c1ccsc1)C1(OC)CCC(C)CC1. The lowest BCUT2D eigenvalue weighted by Crippen LogP contribution is -2.48. The van der Waals surface area contributed by atoms with Crippen molar-refractivity contribution in [1.82, 2.24) is 5.32 Å². The van der Waals surface area contributed by atoms with Crippen molar-refractivity contribution >= 4 is 11.3 Å². The fourth-order valence-electron chi connectivity index (χ4n) is 3.20. The maximum absolute atomic E-state index is 6.05. The second-order valence-corrected chi connectivity index (χ2v) is 6.68. The van der Waals surface area contributed by atoms with Gasteiger partial charge in [-0.1, -0.05) is 13.8 Å². The van der Waals surface area contributed by atoms with Gasteiger partial charge in [0.05, 0.1) is 11.6 Å². The van der Waals surface area contributed by atoms with E-state index >= 15 is 0 Å². The highest BCUT2D eigenvalue weighted by Crippen LogP contribution is 2.43. The zero-order valence-corrected chi connectivity index (χ0v) is 13.3. The van der Waals surface area contributed by atoms with Gasteiger partial charge in [-0.05, 0) is 67.0 Å². The summed E-state index contributed by atoms with van der Waals surface area (Å²) in [6.07, 6.45) is 6.06. The minimum Gasteiger partial charge on any atom is -0.376 e. The third-order valence-electron chi connectivity index (χ3n) is 4.53. The van der Waals surface area contributed by atoms with Gasteiger partial charge in [-0.15, -0.1) is 0 Å². The molecule has 19 heavy (non-hydrogen) atoms. The molecule has 3 heteroatoms. The lowest BCUT2D eigenvalue weighted by Gasteiger charge is -2.44. The maximum atomic E-state index is 6.05. The first-order chi connectivity index (χ1) is 9.22. The van der Waals surface area contributed by atoms with Gasteiger partial charge in [0.1, 0.15) is 0 Å². The molecule has 0 aromatic carbocycles. The summed E-state index contributed by atoms with van der Waals surface area (Å²) in [5.74, 6) is 0.845. The van der Waals surface area contributed by atoms with Crippen LogP contribution in [0.25, 0.3) is 0 Å². The molecular formula is C16H27NOS. The van der Waals surface area contributed by atoms with Crippen LogP contribution in [0, 0.1) is 5.92 Å². The molecule has 0 saturated heterocycles. The van der Waals surface area contributed by atoms with Crippen molar-refractivity contribution in [2.24, 2.45) is 5.92 Å². The van der Waals surface area contributed by atoms with Crippen molar-refractivity contribution in [3.8, 4) is 0 Å². The molecule has 0 spiro atoms. The Morgan fingerprint density at radius 1 is 1.47 bits per heavy atom. The van der Waals surface area contributed by atoms with Crippen molar-refractivity contribution in [3.63, 3.8) is 0 Å². The van der Waals surface area contributed by atoms with Gasteiger partial charge in [-0.25, -0.2) is 0 Å². The Bertz CT molecular complexity index is 355.